The average Bonchev–Trinajstić information content (AvgIpc) is 2.78. The number of unbranched alkanes of at least 4 members (excludes halogenated alkanes) is 9. The van der Waals surface area contributed by atoms with Crippen molar-refractivity contribution in [1.82, 2.24) is 0 Å². The first-order valence-corrected chi connectivity index (χ1v) is 12.9. The third-order valence-electron chi connectivity index (χ3n) is 5.48. The molecular weight excluding hydrogens is 408 g/mol. The van der Waals surface area contributed by atoms with Crippen molar-refractivity contribution in [2.75, 3.05) is 46.2 Å². The van der Waals surface area contributed by atoms with E-state index in [1.54, 1.807) is 0 Å². The molecule has 6 heteroatoms. The monoisotopic (exact) mass is 458 g/mol. The average molecular weight is 459 g/mol. The van der Waals surface area contributed by atoms with Gasteiger partial charge in [-0.3, -0.25) is 4.79 Å². The summed E-state index contributed by atoms with van der Waals surface area (Å²) in [6, 6.07) is 0. The van der Waals surface area contributed by atoms with Crippen LogP contribution in [0.3, 0.4) is 0 Å². The fourth-order valence-electron chi connectivity index (χ4n) is 3.48. The van der Waals surface area contributed by atoms with Crippen molar-refractivity contribution in [2.24, 2.45) is 5.92 Å². The quantitative estimate of drug-likeness (QED) is 0.126. The van der Waals surface area contributed by atoms with E-state index in [2.05, 4.69) is 19.1 Å². The van der Waals surface area contributed by atoms with Gasteiger partial charge in [-0.05, 0) is 38.5 Å². The van der Waals surface area contributed by atoms with Gasteiger partial charge in [0.15, 0.2) is 0 Å². The Kier molecular flexibility index (Phi) is 25.5. The Hall–Kier alpha value is -0.950. The molecule has 0 amide bonds. The highest BCUT2D eigenvalue weighted by Gasteiger charge is 2.16. The van der Waals surface area contributed by atoms with Crippen LogP contribution in [0.15, 0.2) is 12.2 Å². The molecule has 190 valence electrons. The first-order valence-electron chi connectivity index (χ1n) is 12.9. The highest BCUT2D eigenvalue weighted by atomic mass is 16.5. The molecule has 6 nitrogen and oxygen atoms in total. The maximum Gasteiger partial charge on any atom is 0.306 e. The number of allylic oxidation sites excluding steroid dienone is 1. The zero-order valence-electron chi connectivity index (χ0n) is 20.6. The van der Waals surface area contributed by atoms with Crippen LogP contribution in [0.1, 0.15) is 96.8 Å². The standard InChI is InChI=1S/C26H50O6/c1-2-3-4-5-8-11-14-19-30-20-15-12-9-6-7-10-13-16-25(26(28)29)17-21-31-23-24-32-22-18-27/h9,12,25,27H,2-8,10-11,13-24H2,1H3,(H,28,29). The SMILES string of the molecule is CCCCCCCCCOCCC=CCCCCCC(CCOCCOCCO)C(=O)O. The van der Waals surface area contributed by atoms with Gasteiger partial charge in [-0.1, -0.05) is 70.4 Å². The van der Waals surface area contributed by atoms with Crippen LogP contribution in [0, 0.1) is 5.92 Å². The number of aliphatic hydroxyl groups excluding tert-OH is 1. The molecule has 32 heavy (non-hydrogen) atoms. The number of hydrogen-bond acceptors (Lipinski definition) is 5. The summed E-state index contributed by atoms with van der Waals surface area (Å²) in [6.07, 6.45) is 20.0. The van der Waals surface area contributed by atoms with Gasteiger partial charge in [0.05, 0.1) is 39.0 Å². The fourth-order valence-corrected chi connectivity index (χ4v) is 3.48. The third-order valence-corrected chi connectivity index (χ3v) is 5.48. The zero-order chi connectivity index (χ0) is 23.5. The maximum absolute atomic E-state index is 11.4. The molecule has 0 aromatic heterocycles. The molecule has 0 radical (unpaired) electrons. The van der Waals surface area contributed by atoms with Crippen LogP contribution < -0.4 is 0 Å². The van der Waals surface area contributed by atoms with Gasteiger partial charge in [-0.25, -0.2) is 0 Å². The Morgan fingerprint density at radius 2 is 1.31 bits per heavy atom. The summed E-state index contributed by atoms with van der Waals surface area (Å²) in [5.74, 6) is -1.07. The lowest BCUT2D eigenvalue weighted by atomic mass is 9.98. The minimum Gasteiger partial charge on any atom is -0.481 e. The van der Waals surface area contributed by atoms with Gasteiger partial charge in [-0.2, -0.15) is 0 Å². The number of carboxylic acid groups (broad SMARTS) is 1. The summed E-state index contributed by atoms with van der Waals surface area (Å²) >= 11 is 0. The Morgan fingerprint density at radius 3 is 2.03 bits per heavy atom. The molecule has 0 spiro atoms. The van der Waals surface area contributed by atoms with Gasteiger partial charge in [0.2, 0.25) is 0 Å². The molecule has 0 rings (SSSR count). The molecule has 0 saturated heterocycles. The van der Waals surface area contributed by atoms with Crippen LogP contribution in [0.2, 0.25) is 0 Å². The molecular formula is C26H50O6. The van der Waals surface area contributed by atoms with Crippen LogP contribution in [0.25, 0.3) is 0 Å². The number of ether oxygens (including phenoxy) is 3. The summed E-state index contributed by atoms with van der Waals surface area (Å²) in [5.41, 5.74) is 0. The molecule has 0 aliphatic carbocycles. The van der Waals surface area contributed by atoms with Gasteiger partial charge in [0.1, 0.15) is 0 Å². The van der Waals surface area contributed by atoms with Crippen molar-refractivity contribution in [3.8, 4) is 0 Å². The molecule has 1 unspecified atom stereocenters. The van der Waals surface area contributed by atoms with Crippen LogP contribution >= 0.6 is 0 Å². The van der Waals surface area contributed by atoms with Crippen molar-refractivity contribution in [2.45, 2.75) is 96.8 Å². The first kappa shape index (κ1) is 31.0. The molecule has 0 saturated carbocycles. The number of carboxylic acids is 1. The van der Waals surface area contributed by atoms with Crippen LogP contribution in [0.5, 0.6) is 0 Å². The largest absolute Gasteiger partial charge is 0.481 e. The van der Waals surface area contributed by atoms with E-state index in [0.717, 1.165) is 45.3 Å². The molecule has 0 aliphatic heterocycles. The van der Waals surface area contributed by atoms with E-state index in [-0.39, 0.29) is 12.5 Å². The molecule has 0 heterocycles. The summed E-state index contributed by atoms with van der Waals surface area (Å²) in [7, 11) is 0. The minimum absolute atomic E-state index is 0.00462. The smallest absolute Gasteiger partial charge is 0.306 e. The van der Waals surface area contributed by atoms with Gasteiger partial charge >= 0.3 is 5.97 Å². The van der Waals surface area contributed by atoms with Crippen LogP contribution in [-0.2, 0) is 19.0 Å². The molecule has 0 fully saturated rings. The summed E-state index contributed by atoms with van der Waals surface area (Å²) < 4.78 is 16.2. The molecule has 0 bridgehead atoms. The van der Waals surface area contributed by atoms with E-state index in [0.29, 0.717) is 39.3 Å². The van der Waals surface area contributed by atoms with E-state index in [1.165, 1.54) is 44.9 Å². The highest BCUT2D eigenvalue weighted by Crippen LogP contribution is 2.15. The van der Waals surface area contributed by atoms with Crippen molar-refractivity contribution < 1.29 is 29.2 Å². The predicted molar refractivity (Wildman–Crippen MR) is 130 cm³/mol. The summed E-state index contributed by atoms with van der Waals surface area (Å²) in [6.45, 7) is 5.55. The highest BCUT2D eigenvalue weighted by molar-refractivity contribution is 5.69. The molecule has 1 atom stereocenters. The molecule has 2 N–H and O–H groups in total. The zero-order valence-corrected chi connectivity index (χ0v) is 20.6. The fraction of sp³-hybridized carbons (Fsp3) is 0.885. The maximum atomic E-state index is 11.4. The summed E-state index contributed by atoms with van der Waals surface area (Å²) in [4.78, 5) is 11.4. The second-order valence-electron chi connectivity index (χ2n) is 8.40. The van der Waals surface area contributed by atoms with Gasteiger partial charge < -0.3 is 24.4 Å². The lowest BCUT2D eigenvalue weighted by Gasteiger charge is -2.12. The van der Waals surface area contributed by atoms with E-state index in [9.17, 15) is 9.90 Å². The Balaban J connectivity index is 3.44. The Morgan fingerprint density at radius 1 is 0.688 bits per heavy atom. The number of rotatable bonds is 26. The number of aliphatic hydroxyl groups is 1. The van der Waals surface area contributed by atoms with Crippen LogP contribution in [-0.4, -0.2) is 62.4 Å². The topological polar surface area (TPSA) is 85.2 Å². The first-order chi connectivity index (χ1) is 15.7. The number of carbonyl (C=O) groups is 1. The van der Waals surface area contributed by atoms with Gasteiger partial charge in [0.25, 0.3) is 0 Å². The summed E-state index contributed by atoms with van der Waals surface area (Å²) in [5, 5.41) is 18.0. The normalized spacial score (nSPS) is 12.6. The molecule has 0 aromatic carbocycles. The third kappa shape index (κ3) is 23.7. The van der Waals surface area contributed by atoms with Gasteiger partial charge in [-0.15, -0.1) is 0 Å². The predicted octanol–water partition coefficient (Wildman–Crippen LogP) is 5.77. The number of aliphatic carboxylic acids is 1. The van der Waals surface area contributed by atoms with E-state index >= 15 is 0 Å². The van der Waals surface area contributed by atoms with Crippen molar-refractivity contribution in [3.63, 3.8) is 0 Å². The van der Waals surface area contributed by atoms with E-state index < -0.39 is 5.97 Å². The molecule has 0 aromatic rings. The Bertz CT molecular complexity index is 413. The van der Waals surface area contributed by atoms with Crippen molar-refractivity contribution in [1.29, 1.82) is 0 Å². The van der Waals surface area contributed by atoms with Gasteiger partial charge in [0, 0.05) is 13.2 Å². The van der Waals surface area contributed by atoms with Crippen molar-refractivity contribution >= 4 is 5.97 Å². The Labute approximate surface area is 196 Å². The van der Waals surface area contributed by atoms with Crippen LogP contribution in [0.4, 0.5) is 0 Å². The lowest BCUT2D eigenvalue weighted by molar-refractivity contribution is -0.142. The van der Waals surface area contributed by atoms with Crippen molar-refractivity contribution in [3.05, 3.63) is 12.2 Å². The van der Waals surface area contributed by atoms with E-state index in [1.807, 2.05) is 0 Å². The number of hydrogen-bond donors (Lipinski definition) is 2. The minimum atomic E-state index is -0.735. The second-order valence-corrected chi connectivity index (χ2v) is 8.40. The van der Waals surface area contributed by atoms with E-state index in [4.69, 9.17) is 19.3 Å². The lowest BCUT2D eigenvalue weighted by Crippen LogP contribution is -2.17. The second kappa shape index (κ2) is 26.3. The molecule has 0 aliphatic rings.